The average Bonchev–Trinajstić information content (AvgIpc) is 3.09. The molecule has 3 rings (SSSR count). The van der Waals surface area contributed by atoms with Crippen LogP contribution in [0.15, 0.2) is 41.2 Å². The van der Waals surface area contributed by atoms with Crippen LogP contribution >= 0.6 is 0 Å². The highest BCUT2D eigenvalue weighted by Gasteiger charge is 2.24. The highest BCUT2D eigenvalue weighted by atomic mass is 19.1. The third kappa shape index (κ3) is 3.49. The fraction of sp³-hybridized carbons (Fsp3) is 0.167. The predicted octanol–water partition coefficient (Wildman–Crippen LogP) is 2.02. The summed E-state index contributed by atoms with van der Waals surface area (Å²) < 4.78 is 33.8. The van der Waals surface area contributed by atoms with E-state index in [0.717, 1.165) is 23.1 Å². The van der Waals surface area contributed by atoms with E-state index >= 15 is 0 Å². The Bertz CT molecular complexity index is 1120. The van der Waals surface area contributed by atoms with Crippen LogP contribution in [0.3, 0.4) is 0 Å². The molecular formula is C18H15F2N5O4. The van der Waals surface area contributed by atoms with Crippen molar-refractivity contribution in [1.29, 1.82) is 0 Å². The average molecular weight is 403 g/mol. The summed E-state index contributed by atoms with van der Waals surface area (Å²) in [5, 5.41) is 6.87. The van der Waals surface area contributed by atoms with Gasteiger partial charge in [-0.25, -0.2) is 18.4 Å². The molecule has 9 nitrogen and oxygen atoms in total. The molecule has 1 aromatic heterocycles. The molecule has 11 heteroatoms. The van der Waals surface area contributed by atoms with Crippen LogP contribution in [0, 0.1) is 11.6 Å². The summed E-state index contributed by atoms with van der Waals surface area (Å²) in [4.78, 5) is 37.6. The number of methoxy groups -OCH3 is 1. The molecule has 0 saturated heterocycles. The second-order valence-corrected chi connectivity index (χ2v) is 5.73. The van der Waals surface area contributed by atoms with Crippen LogP contribution in [-0.2, 0) is 0 Å². The lowest BCUT2D eigenvalue weighted by Crippen LogP contribution is -2.41. The molecule has 0 unspecified atom stereocenters. The number of para-hydroxylation sites is 1. The molecule has 0 fully saturated rings. The Labute approximate surface area is 162 Å². The van der Waals surface area contributed by atoms with E-state index in [9.17, 15) is 23.2 Å². The molecule has 2 aromatic carbocycles. The van der Waals surface area contributed by atoms with Gasteiger partial charge < -0.3 is 4.74 Å². The Hall–Kier alpha value is -3.89. The summed E-state index contributed by atoms with van der Waals surface area (Å²) in [6.45, 7) is 1.76. The summed E-state index contributed by atoms with van der Waals surface area (Å²) in [5.41, 5.74) is -1.29. The number of rotatable bonds is 5. The lowest BCUT2D eigenvalue weighted by atomic mass is 10.2. The molecule has 0 saturated carbocycles. The van der Waals surface area contributed by atoms with Crippen molar-refractivity contribution >= 4 is 18.0 Å². The second kappa shape index (κ2) is 8.00. The number of nitrogens with zero attached hydrogens (tertiary/aromatic N) is 5. The number of anilines is 1. The van der Waals surface area contributed by atoms with Crippen LogP contribution < -0.4 is 15.3 Å². The summed E-state index contributed by atoms with van der Waals surface area (Å²) in [6, 6.07) is 6.50. The van der Waals surface area contributed by atoms with Gasteiger partial charge in [-0.15, -0.1) is 4.68 Å². The van der Waals surface area contributed by atoms with Gasteiger partial charge in [0.1, 0.15) is 11.4 Å². The van der Waals surface area contributed by atoms with Gasteiger partial charge in [0.25, 0.3) is 0 Å². The largest absolute Gasteiger partial charge is 0.496 e. The van der Waals surface area contributed by atoms with Crippen molar-refractivity contribution in [1.82, 2.24) is 19.8 Å². The summed E-state index contributed by atoms with van der Waals surface area (Å²) in [6.07, 6.45) is 0.597. The fourth-order valence-corrected chi connectivity index (χ4v) is 2.71. The van der Waals surface area contributed by atoms with Crippen molar-refractivity contribution in [2.24, 2.45) is 0 Å². The van der Waals surface area contributed by atoms with E-state index in [1.165, 1.54) is 25.3 Å². The van der Waals surface area contributed by atoms with E-state index in [1.807, 2.05) is 0 Å². The Balaban J connectivity index is 2.03. The monoisotopic (exact) mass is 403 g/mol. The van der Waals surface area contributed by atoms with Crippen LogP contribution in [0.1, 0.15) is 17.3 Å². The Kier molecular flexibility index (Phi) is 5.48. The minimum atomic E-state index is -1.14. The lowest BCUT2D eigenvalue weighted by molar-refractivity contribution is 0.112. The Morgan fingerprint density at radius 3 is 2.48 bits per heavy atom. The van der Waals surface area contributed by atoms with Gasteiger partial charge in [0.2, 0.25) is 0 Å². The van der Waals surface area contributed by atoms with E-state index < -0.39 is 29.0 Å². The Morgan fingerprint density at radius 1 is 1.21 bits per heavy atom. The molecule has 0 aliphatic rings. The number of hydrogen-bond donors (Lipinski definition) is 0. The number of carbonyl (C=O) groups excluding carboxylic acids is 2. The maximum absolute atomic E-state index is 14.0. The minimum absolute atomic E-state index is 0.121. The number of benzene rings is 2. The number of tetrazole rings is 1. The third-order valence-corrected chi connectivity index (χ3v) is 4.11. The van der Waals surface area contributed by atoms with Gasteiger partial charge >= 0.3 is 11.7 Å². The van der Waals surface area contributed by atoms with Crippen LogP contribution in [0.2, 0.25) is 0 Å². The highest BCUT2D eigenvalue weighted by Crippen LogP contribution is 2.25. The first-order valence-electron chi connectivity index (χ1n) is 8.37. The van der Waals surface area contributed by atoms with Crippen molar-refractivity contribution in [2.45, 2.75) is 6.92 Å². The number of hydrogen-bond acceptors (Lipinski definition) is 6. The standard InChI is InChI=1S/C18H15F2N5O4/c1-3-23(12-8-7-11(10-26)15(9-12)29-2)17(27)25-18(28)24(21-22-25)16-13(19)5-4-6-14(16)20/h4-10H,3H2,1-2H3. The predicted molar refractivity (Wildman–Crippen MR) is 97.7 cm³/mol. The van der Waals surface area contributed by atoms with E-state index in [4.69, 9.17) is 4.74 Å². The zero-order valence-corrected chi connectivity index (χ0v) is 15.4. The van der Waals surface area contributed by atoms with Gasteiger partial charge in [-0.05, 0) is 41.6 Å². The topological polar surface area (TPSA) is 99.3 Å². The smallest absolute Gasteiger partial charge is 0.377 e. The second-order valence-electron chi connectivity index (χ2n) is 5.73. The SMILES string of the molecule is CCN(C(=O)n1nnn(-c2c(F)cccc2F)c1=O)c1ccc(C=O)c(OC)c1. The van der Waals surface area contributed by atoms with Gasteiger partial charge in [0.15, 0.2) is 17.9 Å². The van der Waals surface area contributed by atoms with Crippen molar-refractivity contribution in [3.05, 3.63) is 64.1 Å². The van der Waals surface area contributed by atoms with Crippen molar-refractivity contribution in [2.75, 3.05) is 18.6 Å². The van der Waals surface area contributed by atoms with Gasteiger partial charge in [0, 0.05) is 18.3 Å². The zero-order valence-electron chi connectivity index (χ0n) is 15.4. The number of carbonyl (C=O) groups is 2. The molecular weight excluding hydrogens is 388 g/mol. The van der Waals surface area contributed by atoms with Gasteiger partial charge in [-0.3, -0.25) is 9.69 Å². The highest BCUT2D eigenvalue weighted by molar-refractivity contribution is 5.93. The molecule has 0 N–H and O–H groups in total. The maximum atomic E-state index is 14.0. The summed E-state index contributed by atoms with van der Waals surface area (Å²) >= 11 is 0. The number of halogens is 2. The van der Waals surface area contributed by atoms with Crippen molar-refractivity contribution < 1.29 is 23.1 Å². The number of ether oxygens (including phenoxy) is 1. The molecule has 0 spiro atoms. The summed E-state index contributed by atoms with van der Waals surface area (Å²) in [5.74, 6) is -1.84. The molecule has 0 radical (unpaired) electrons. The van der Waals surface area contributed by atoms with E-state index in [2.05, 4.69) is 10.4 Å². The molecule has 1 amide bonds. The molecule has 29 heavy (non-hydrogen) atoms. The maximum Gasteiger partial charge on any atom is 0.377 e. The summed E-state index contributed by atoms with van der Waals surface area (Å²) in [7, 11) is 1.36. The van der Waals surface area contributed by atoms with Gasteiger partial charge in [0.05, 0.1) is 12.7 Å². The number of amides is 1. The van der Waals surface area contributed by atoms with Crippen LogP contribution in [0.5, 0.6) is 5.75 Å². The molecule has 0 aliphatic carbocycles. The first-order chi connectivity index (χ1) is 13.9. The van der Waals surface area contributed by atoms with Gasteiger partial charge in [-0.1, -0.05) is 6.07 Å². The Morgan fingerprint density at radius 2 is 1.90 bits per heavy atom. The number of aromatic nitrogens is 4. The van der Waals surface area contributed by atoms with E-state index in [-0.39, 0.29) is 17.9 Å². The van der Waals surface area contributed by atoms with Gasteiger partial charge in [-0.2, -0.15) is 4.68 Å². The number of aldehydes is 1. The van der Waals surface area contributed by atoms with Crippen molar-refractivity contribution in [3.8, 4) is 11.4 Å². The van der Waals surface area contributed by atoms with Crippen LogP contribution in [0.25, 0.3) is 5.69 Å². The van der Waals surface area contributed by atoms with Crippen LogP contribution in [-0.4, -0.2) is 45.8 Å². The molecule has 150 valence electrons. The molecule has 3 aromatic rings. The fourth-order valence-electron chi connectivity index (χ4n) is 2.71. The minimum Gasteiger partial charge on any atom is -0.496 e. The molecule has 0 atom stereocenters. The zero-order chi connectivity index (χ0) is 21.1. The van der Waals surface area contributed by atoms with E-state index in [1.54, 1.807) is 6.92 Å². The van der Waals surface area contributed by atoms with E-state index in [0.29, 0.717) is 21.3 Å². The first-order valence-corrected chi connectivity index (χ1v) is 8.37. The van der Waals surface area contributed by atoms with Crippen molar-refractivity contribution in [3.63, 3.8) is 0 Å². The lowest BCUT2D eigenvalue weighted by Gasteiger charge is -2.20. The quantitative estimate of drug-likeness (QED) is 0.477. The first kappa shape index (κ1) is 19.9. The molecule has 1 heterocycles. The normalized spacial score (nSPS) is 10.6. The van der Waals surface area contributed by atoms with Crippen LogP contribution in [0.4, 0.5) is 19.3 Å². The molecule has 0 bridgehead atoms. The molecule has 0 aliphatic heterocycles. The third-order valence-electron chi connectivity index (χ3n) is 4.11.